The summed E-state index contributed by atoms with van der Waals surface area (Å²) in [6, 6.07) is 15.3. The molecular weight excluding hydrogens is 280 g/mol. The van der Waals surface area contributed by atoms with Gasteiger partial charge in [0.15, 0.2) is 6.61 Å². The summed E-state index contributed by atoms with van der Waals surface area (Å²) >= 11 is 0. The average Bonchev–Trinajstić information content (AvgIpc) is 2.95. The van der Waals surface area contributed by atoms with Crippen LogP contribution in [0.1, 0.15) is 11.1 Å². The quantitative estimate of drug-likeness (QED) is 0.774. The van der Waals surface area contributed by atoms with Gasteiger partial charge in [0.1, 0.15) is 11.0 Å². The molecular formula is C16H16N4O2. The molecule has 0 aliphatic rings. The van der Waals surface area contributed by atoms with Gasteiger partial charge in [0.05, 0.1) is 0 Å². The first-order chi connectivity index (χ1) is 10.7. The van der Waals surface area contributed by atoms with Gasteiger partial charge in [0.2, 0.25) is 0 Å². The average molecular weight is 296 g/mol. The molecule has 3 rings (SSSR count). The van der Waals surface area contributed by atoms with Crippen LogP contribution in [0, 0.1) is 6.92 Å². The van der Waals surface area contributed by atoms with E-state index in [0.717, 1.165) is 22.2 Å². The Morgan fingerprint density at radius 2 is 1.95 bits per heavy atom. The van der Waals surface area contributed by atoms with E-state index < -0.39 is 0 Å². The van der Waals surface area contributed by atoms with Crippen molar-refractivity contribution in [3.8, 4) is 0 Å². The number of carbonyl (C=O) groups is 1. The maximum Gasteiger partial charge on any atom is 0.261 e. The molecule has 1 aromatic heterocycles. The molecule has 0 aliphatic carbocycles. The number of amides is 1. The normalized spacial score (nSPS) is 10.6. The van der Waals surface area contributed by atoms with Crippen molar-refractivity contribution in [1.29, 1.82) is 0 Å². The largest absolute Gasteiger partial charge is 0.385 e. The molecule has 0 aliphatic heterocycles. The number of fused-ring (bicyclic) bond motifs is 1. The van der Waals surface area contributed by atoms with E-state index in [9.17, 15) is 4.79 Å². The molecule has 0 spiro atoms. The van der Waals surface area contributed by atoms with Gasteiger partial charge in [0.25, 0.3) is 5.91 Å². The third kappa shape index (κ3) is 3.06. The summed E-state index contributed by atoms with van der Waals surface area (Å²) in [5, 5.41) is 10.6. The minimum Gasteiger partial charge on any atom is -0.385 e. The second-order valence-electron chi connectivity index (χ2n) is 4.93. The van der Waals surface area contributed by atoms with Gasteiger partial charge in [0, 0.05) is 6.54 Å². The first-order valence-corrected chi connectivity index (χ1v) is 6.99. The topological polar surface area (TPSA) is 69.0 Å². The summed E-state index contributed by atoms with van der Waals surface area (Å²) in [5.41, 5.74) is 3.69. The van der Waals surface area contributed by atoms with Crippen molar-refractivity contribution in [3.05, 3.63) is 59.7 Å². The molecule has 0 bridgehead atoms. The van der Waals surface area contributed by atoms with Crippen molar-refractivity contribution in [2.45, 2.75) is 13.5 Å². The number of benzene rings is 2. The van der Waals surface area contributed by atoms with Crippen molar-refractivity contribution in [1.82, 2.24) is 20.5 Å². The summed E-state index contributed by atoms with van der Waals surface area (Å²) in [6.07, 6.45) is 0. The number of aryl methyl sites for hydroxylation is 1. The molecule has 6 nitrogen and oxygen atoms in total. The van der Waals surface area contributed by atoms with Crippen LogP contribution in [0.5, 0.6) is 0 Å². The van der Waals surface area contributed by atoms with Gasteiger partial charge in [-0.2, -0.15) is 0 Å². The number of rotatable bonds is 5. The third-order valence-corrected chi connectivity index (χ3v) is 3.38. The van der Waals surface area contributed by atoms with Crippen LogP contribution in [0.3, 0.4) is 0 Å². The van der Waals surface area contributed by atoms with E-state index in [1.165, 1.54) is 4.85 Å². The van der Waals surface area contributed by atoms with Crippen LogP contribution in [0.25, 0.3) is 11.0 Å². The standard InChI is InChI=1S/C16H16N4O2/c1-12-6-2-3-7-13(12)10-17-16(21)11-22-20-15-9-5-4-8-14(15)18-19-20/h2-9H,10-11H2,1H3,(H,17,21). The molecule has 0 radical (unpaired) electrons. The third-order valence-electron chi connectivity index (χ3n) is 3.38. The van der Waals surface area contributed by atoms with E-state index in [1.807, 2.05) is 55.5 Å². The molecule has 0 saturated heterocycles. The molecule has 3 aromatic rings. The first-order valence-electron chi connectivity index (χ1n) is 6.99. The smallest absolute Gasteiger partial charge is 0.261 e. The highest BCUT2D eigenvalue weighted by molar-refractivity contribution is 5.77. The highest BCUT2D eigenvalue weighted by Crippen LogP contribution is 2.08. The first kappa shape index (κ1) is 14.1. The van der Waals surface area contributed by atoms with E-state index in [-0.39, 0.29) is 12.5 Å². The van der Waals surface area contributed by atoms with Gasteiger partial charge in [-0.05, 0) is 35.4 Å². The number of hydrogen-bond donors (Lipinski definition) is 1. The number of hydrogen-bond acceptors (Lipinski definition) is 4. The van der Waals surface area contributed by atoms with Crippen molar-refractivity contribution in [3.63, 3.8) is 0 Å². The van der Waals surface area contributed by atoms with Crippen LogP contribution in [-0.2, 0) is 11.3 Å². The van der Waals surface area contributed by atoms with Crippen LogP contribution in [0.15, 0.2) is 48.5 Å². The fourth-order valence-corrected chi connectivity index (χ4v) is 2.12. The number of para-hydroxylation sites is 1. The molecule has 1 amide bonds. The van der Waals surface area contributed by atoms with Crippen LogP contribution in [-0.4, -0.2) is 27.7 Å². The Bertz CT molecular complexity index is 797. The van der Waals surface area contributed by atoms with E-state index in [1.54, 1.807) is 0 Å². The lowest BCUT2D eigenvalue weighted by Gasteiger charge is -2.08. The number of aromatic nitrogens is 3. The zero-order valence-corrected chi connectivity index (χ0v) is 12.2. The minimum atomic E-state index is -0.206. The lowest BCUT2D eigenvalue weighted by atomic mass is 10.1. The summed E-state index contributed by atoms with van der Waals surface area (Å²) in [5.74, 6) is -0.206. The van der Waals surface area contributed by atoms with Crippen LogP contribution in [0.4, 0.5) is 0 Å². The van der Waals surface area contributed by atoms with Crippen LogP contribution < -0.4 is 10.2 Å². The van der Waals surface area contributed by atoms with E-state index in [4.69, 9.17) is 4.84 Å². The highest BCUT2D eigenvalue weighted by Gasteiger charge is 2.07. The summed E-state index contributed by atoms with van der Waals surface area (Å²) in [6.45, 7) is 2.38. The zero-order valence-electron chi connectivity index (χ0n) is 12.2. The fourth-order valence-electron chi connectivity index (χ4n) is 2.12. The molecule has 0 unspecified atom stereocenters. The SMILES string of the molecule is Cc1ccccc1CNC(=O)COn1nnc2ccccc21. The second kappa shape index (κ2) is 6.26. The minimum absolute atomic E-state index is 0.112. The number of carbonyl (C=O) groups excluding carboxylic acids is 1. The van der Waals surface area contributed by atoms with Crippen molar-refractivity contribution < 1.29 is 9.63 Å². The summed E-state index contributed by atoms with van der Waals surface area (Å²) in [4.78, 5) is 18.5. The van der Waals surface area contributed by atoms with E-state index >= 15 is 0 Å². The number of nitrogens with zero attached hydrogens (tertiary/aromatic N) is 3. The molecule has 2 aromatic carbocycles. The predicted molar refractivity (Wildman–Crippen MR) is 82.0 cm³/mol. The Hall–Kier alpha value is -2.89. The van der Waals surface area contributed by atoms with Crippen LogP contribution >= 0.6 is 0 Å². The maximum absolute atomic E-state index is 11.9. The van der Waals surface area contributed by atoms with Crippen molar-refractivity contribution in [2.24, 2.45) is 0 Å². The fraction of sp³-hybridized carbons (Fsp3) is 0.188. The maximum atomic E-state index is 11.9. The van der Waals surface area contributed by atoms with E-state index in [2.05, 4.69) is 15.6 Å². The van der Waals surface area contributed by atoms with Gasteiger partial charge >= 0.3 is 0 Å². The molecule has 0 atom stereocenters. The second-order valence-corrected chi connectivity index (χ2v) is 4.93. The Morgan fingerprint density at radius 3 is 2.82 bits per heavy atom. The Morgan fingerprint density at radius 1 is 1.18 bits per heavy atom. The molecule has 0 fully saturated rings. The Labute approximate surface area is 127 Å². The molecule has 1 N–H and O–H groups in total. The monoisotopic (exact) mass is 296 g/mol. The summed E-state index contributed by atoms with van der Waals surface area (Å²) in [7, 11) is 0. The summed E-state index contributed by atoms with van der Waals surface area (Å²) < 4.78 is 0. The lowest BCUT2D eigenvalue weighted by Crippen LogP contribution is -2.31. The molecule has 22 heavy (non-hydrogen) atoms. The van der Waals surface area contributed by atoms with Gasteiger partial charge in [-0.1, -0.05) is 41.2 Å². The van der Waals surface area contributed by atoms with Crippen LogP contribution in [0.2, 0.25) is 0 Å². The lowest BCUT2D eigenvalue weighted by molar-refractivity contribution is -0.126. The predicted octanol–water partition coefficient (Wildman–Crippen LogP) is 1.48. The molecule has 0 saturated carbocycles. The molecule has 112 valence electrons. The van der Waals surface area contributed by atoms with E-state index in [0.29, 0.717) is 6.54 Å². The van der Waals surface area contributed by atoms with Gasteiger partial charge in [-0.3, -0.25) is 4.79 Å². The molecule has 6 heteroatoms. The zero-order chi connectivity index (χ0) is 15.4. The van der Waals surface area contributed by atoms with Crippen molar-refractivity contribution >= 4 is 16.9 Å². The highest BCUT2D eigenvalue weighted by atomic mass is 16.7. The van der Waals surface area contributed by atoms with Crippen molar-refractivity contribution in [2.75, 3.05) is 6.61 Å². The Kier molecular flexibility index (Phi) is 4.00. The molecule has 1 heterocycles. The van der Waals surface area contributed by atoms with Gasteiger partial charge in [-0.25, -0.2) is 0 Å². The Balaban J connectivity index is 1.55. The van der Waals surface area contributed by atoms with Gasteiger partial charge in [-0.15, -0.1) is 5.10 Å². The number of nitrogens with one attached hydrogen (secondary N) is 1. The van der Waals surface area contributed by atoms with Gasteiger partial charge < -0.3 is 10.2 Å².